The Morgan fingerprint density at radius 1 is 0.588 bits per heavy atom. The number of hydrogen-bond donors (Lipinski definition) is 0. The first-order valence-corrected chi connectivity index (χ1v) is 9.63. The monoisotopic (exact) mass is 371 g/mol. The zero-order valence-corrected chi connectivity index (χ0v) is 14.4. The highest BCUT2D eigenvalue weighted by atomic mass is 79.9. The Balaban J connectivity index is 0.00000108. The molecule has 3 heterocycles. The van der Waals surface area contributed by atoms with Crippen LogP contribution in [0.1, 0.15) is 0 Å². The predicted molar refractivity (Wildman–Crippen MR) is 79.8 cm³/mol. The minimum absolute atomic E-state index is 0. The van der Waals surface area contributed by atoms with E-state index >= 15 is 0 Å². The first-order valence-electron chi connectivity index (χ1n) is 5.68. The van der Waals surface area contributed by atoms with Gasteiger partial charge in [-0.25, -0.2) is 9.15 Å². The average molecular weight is 372 g/mol. The number of halogens is 1. The molecular weight excluding hydrogens is 356 g/mol. The van der Waals surface area contributed by atoms with Crippen molar-refractivity contribution in [1.82, 2.24) is 0 Å². The van der Waals surface area contributed by atoms with Crippen molar-refractivity contribution in [1.29, 1.82) is 0 Å². The number of rotatable bonds is 0. The smallest absolute Gasteiger partial charge is 0.270 e. The number of nitrogens with zero attached hydrogens (tertiary/aromatic N) is 2. The lowest BCUT2D eigenvalue weighted by Crippen LogP contribution is -3.00. The minimum atomic E-state index is 0. The Labute approximate surface area is 130 Å². The molecule has 7 heteroatoms. The van der Waals surface area contributed by atoms with Crippen LogP contribution in [0.2, 0.25) is 0 Å². The lowest BCUT2D eigenvalue weighted by molar-refractivity contribution is -0.660. The molecule has 0 amide bonds. The summed E-state index contributed by atoms with van der Waals surface area (Å²) in [6.45, 7) is 4.89. The van der Waals surface area contributed by atoms with E-state index in [1.54, 1.807) is 8.75 Å². The van der Waals surface area contributed by atoms with Crippen molar-refractivity contribution in [3.05, 3.63) is 0 Å². The molecule has 0 spiro atoms. The predicted octanol–water partition coefficient (Wildman–Crippen LogP) is -1.30. The number of piperazine rings is 1. The average Bonchev–Trinajstić information content (AvgIpc) is 3.03. The maximum Gasteiger partial charge on any atom is 0.270 e. The third-order valence-electron chi connectivity index (χ3n) is 2.86. The molecule has 0 aromatic rings. The van der Waals surface area contributed by atoms with Crippen molar-refractivity contribution in [3.8, 4) is 0 Å². The SMILES string of the molecule is C1CSC(=[N+]2CC[N+](=C3SCCS3)CC2)S1.[Br-]. The maximum absolute atomic E-state index is 2.59. The van der Waals surface area contributed by atoms with Gasteiger partial charge in [0.2, 0.25) is 26.2 Å². The summed E-state index contributed by atoms with van der Waals surface area (Å²) in [6, 6.07) is 0. The fourth-order valence-electron chi connectivity index (χ4n) is 2.04. The fraction of sp³-hybridized carbons (Fsp3) is 0.800. The largest absolute Gasteiger partial charge is 1.00 e. The van der Waals surface area contributed by atoms with Gasteiger partial charge in [-0.3, -0.25) is 0 Å². The second-order valence-electron chi connectivity index (χ2n) is 3.90. The molecule has 0 bridgehead atoms. The van der Waals surface area contributed by atoms with Gasteiger partial charge in [-0.15, -0.1) is 0 Å². The zero-order chi connectivity index (χ0) is 10.8. The van der Waals surface area contributed by atoms with Crippen LogP contribution in [0.5, 0.6) is 0 Å². The third kappa shape index (κ3) is 3.61. The van der Waals surface area contributed by atoms with E-state index in [1.807, 2.05) is 0 Å². The molecule has 17 heavy (non-hydrogen) atoms. The molecule has 3 rings (SSSR count). The summed E-state index contributed by atoms with van der Waals surface area (Å²) in [6.07, 6.45) is 0. The van der Waals surface area contributed by atoms with Gasteiger partial charge in [-0.1, -0.05) is 0 Å². The van der Waals surface area contributed by atoms with E-state index in [9.17, 15) is 0 Å². The van der Waals surface area contributed by atoms with E-state index in [1.165, 1.54) is 49.2 Å². The molecule has 96 valence electrons. The van der Waals surface area contributed by atoms with Crippen LogP contribution in [-0.4, -0.2) is 67.1 Å². The summed E-state index contributed by atoms with van der Waals surface area (Å²) in [5.74, 6) is 5.24. The van der Waals surface area contributed by atoms with Crippen molar-refractivity contribution in [2.45, 2.75) is 0 Å². The van der Waals surface area contributed by atoms with E-state index in [0.29, 0.717) is 0 Å². The van der Waals surface area contributed by atoms with Crippen molar-refractivity contribution >= 4 is 55.8 Å². The van der Waals surface area contributed by atoms with Gasteiger partial charge in [0.05, 0.1) is 0 Å². The molecule has 3 fully saturated rings. The van der Waals surface area contributed by atoms with Crippen molar-refractivity contribution in [3.63, 3.8) is 0 Å². The normalized spacial score (nSPS) is 25.4. The molecule has 0 radical (unpaired) electrons. The van der Waals surface area contributed by atoms with E-state index in [0.717, 1.165) is 0 Å². The highest BCUT2D eigenvalue weighted by Crippen LogP contribution is 2.28. The zero-order valence-electron chi connectivity index (χ0n) is 9.56. The topological polar surface area (TPSA) is 6.02 Å². The van der Waals surface area contributed by atoms with Crippen molar-refractivity contribution < 1.29 is 26.1 Å². The Hall–Kier alpha value is 1.22. The van der Waals surface area contributed by atoms with Gasteiger partial charge >= 0.3 is 0 Å². The van der Waals surface area contributed by atoms with Gasteiger partial charge in [-0.05, 0) is 47.0 Å². The van der Waals surface area contributed by atoms with Crippen LogP contribution in [-0.2, 0) is 0 Å². The molecule has 0 saturated carbocycles. The third-order valence-corrected chi connectivity index (χ3v) is 8.45. The first kappa shape index (κ1) is 14.6. The van der Waals surface area contributed by atoms with Gasteiger partial charge in [-0.2, -0.15) is 0 Å². The molecule has 3 aliphatic rings. The molecule has 2 nitrogen and oxygen atoms in total. The summed E-state index contributed by atoms with van der Waals surface area (Å²) in [5.41, 5.74) is 0. The van der Waals surface area contributed by atoms with Crippen LogP contribution in [0, 0.1) is 0 Å². The lowest BCUT2D eigenvalue weighted by Gasteiger charge is -2.12. The van der Waals surface area contributed by atoms with E-state index < -0.39 is 0 Å². The fourth-order valence-corrected chi connectivity index (χ4v) is 7.20. The highest BCUT2D eigenvalue weighted by molar-refractivity contribution is 8.41. The van der Waals surface area contributed by atoms with Crippen LogP contribution >= 0.6 is 47.0 Å². The van der Waals surface area contributed by atoms with Crippen LogP contribution in [0.15, 0.2) is 0 Å². The Morgan fingerprint density at radius 3 is 1.18 bits per heavy atom. The Morgan fingerprint density at radius 2 is 0.882 bits per heavy atom. The summed E-state index contributed by atoms with van der Waals surface area (Å²) in [4.78, 5) is 0. The second-order valence-corrected chi connectivity index (χ2v) is 8.75. The maximum atomic E-state index is 2.59. The molecule has 0 unspecified atom stereocenters. The van der Waals surface area contributed by atoms with Crippen molar-refractivity contribution in [2.24, 2.45) is 0 Å². The van der Waals surface area contributed by atoms with Crippen molar-refractivity contribution in [2.75, 3.05) is 49.2 Å². The van der Waals surface area contributed by atoms with E-state index in [-0.39, 0.29) is 17.0 Å². The summed E-state index contributed by atoms with van der Waals surface area (Å²) in [7, 11) is 0. The van der Waals surface area contributed by atoms with Crippen LogP contribution in [0.3, 0.4) is 0 Å². The molecule has 0 N–H and O–H groups in total. The molecule has 0 aromatic heterocycles. The molecule has 0 aromatic carbocycles. The van der Waals surface area contributed by atoms with E-state index in [2.05, 4.69) is 56.2 Å². The molecule has 3 saturated heterocycles. The molecule has 3 aliphatic heterocycles. The quantitative estimate of drug-likeness (QED) is 0.488. The number of hydrogen-bond acceptors (Lipinski definition) is 4. The van der Waals surface area contributed by atoms with Gasteiger partial charge in [0.1, 0.15) is 0 Å². The molecule has 0 aliphatic carbocycles. The molecular formula is C10H16BrN2S4+. The number of thioether (sulfide) groups is 4. The standard InChI is InChI=1S/C10H16N2S4.BrH/c1-2-12(10-15-7-8-16-10)4-3-11(1)9-13-5-6-14-9;/h1-8H2;1H/q+2;/p-1. The molecule has 0 atom stereocenters. The van der Waals surface area contributed by atoms with Gasteiger partial charge in [0.25, 0.3) is 8.75 Å². The van der Waals surface area contributed by atoms with Gasteiger partial charge < -0.3 is 17.0 Å². The summed E-state index contributed by atoms with van der Waals surface area (Å²) >= 11 is 8.21. The lowest BCUT2D eigenvalue weighted by atomic mass is 10.4. The van der Waals surface area contributed by atoms with E-state index in [4.69, 9.17) is 0 Å². The van der Waals surface area contributed by atoms with Crippen LogP contribution in [0.4, 0.5) is 0 Å². The Bertz CT molecular complexity index is 294. The van der Waals surface area contributed by atoms with Crippen LogP contribution < -0.4 is 17.0 Å². The Kier molecular flexibility index (Phi) is 6.13. The second kappa shape index (κ2) is 7.12. The summed E-state index contributed by atoms with van der Waals surface area (Å²) in [5, 5.41) is 0. The summed E-state index contributed by atoms with van der Waals surface area (Å²) < 4.78 is 8.33. The minimum Gasteiger partial charge on any atom is -1.00 e. The first-order chi connectivity index (χ1) is 7.93. The highest BCUT2D eigenvalue weighted by Gasteiger charge is 2.31. The van der Waals surface area contributed by atoms with Crippen LogP contribution in [0.25, 0.3) is 0 Å². The van der Waals surface area contributed by atoms with Gasteiger partial charge in [0.15, 0.2) is 0 Å². The van der Waals surface area contributed by atoms with Gasteiger partial charge in [0, 0.05) is 23.0 Å².